The molecule has 0 amide bonds. The monoisotopic (exact) mass is 690 g/mol. The van der Waals surface area contributed by atoms with E-state index in [1.165, 1.54) is 0 Å². The minimum Gasteiger partial charge on any atom is -0.394 e. The Morgan fingerprint density at radius 3 is 0.587 bits per heavy atom. The lowest BCUT2D eigenvalue weighted by Crippen LogP contribution is -2.46. The van der Waals surface area contributed by atoms with Crippen molar-refractivity contribution in [3.8, 4) is 0 Å². The predicted molar refractivity (Wildman–Crippen MR) is 143 cm³/mol. The van der Waals surface area contributed by atoms with Crippen LogP contribution < -0.4 is 0 Å². The van der Waals surface area contributed by atoms with Gasteiger partial charge in [0.15, 0.2) is 25.1 Å². The molecule has 0 saturated carbocycles. The number of aldehydes is 4. The molecule has 0 spiro atoms. The van der Waals surface area contributed by atoms with Gasteiger partial charge in [-0.05, 0) is 0 Å². The lowest BCUT2D eigenvalue weighted by atomic mass is 10.0. The largest absolute Gasteiger partial charge is 0.394 e. The summed E-state index contributed by atoms with van der Waals surface area (Å²) in [7, 11) is 0. The van der Waals surface area contributed by atoms with Crippen LogP contribution in [0.25, 0.3) is 0 Å². The van der Waals surface area contributed by atoms with Crippen LogP contribution in [0.15, 0.2) is 0 Å². The number of hydrogen-bond acceptors (Lipinski definition) is 23. The molecule has 0 aliphatic carbocycles. The van der Waals surface area contributed by atoms with Gasteiger partial charge in [-0.15, -0.1) is 0 Å². The minimum atomic E-state index is -1.79. The van der Waals surface area contributed by atoms with E-state index >= 15 is 0 Å². The van der Waals surface area contributed by atoms with Crippen molar-refractivity contribution < 1.29 is 116 Å². The fraction of sp³-hybridized carbons (Fsp3) is 0.826. The van der Waals surface area contributed by atoms with Crippen LogP contribution in [0, 0.1) is 0 Å². The smallest absolute Gasteiger partial charge is 0.151 e. The molecule has 276 valence electrons. The fourth-order valence-electron chi connectivity index (χ4n) is 2.27. The van der Waals surface area contributed by atoms with E-state index in [0.29, 0.717) is 0 Å². The van der Waals surface area contributed by atoms with Crippen molar-refractivity contribution in [1.82, 2.24) is 0 Å². The molecule has 0 aliphatic rings. The van der Waals surface area contributed by atoms with E-state index < -0.39 is 118 Å². The molecule has 0 aromatic heterocycles. The van der Waals surface area contributed by atoms with Gasteiger partial charge in [-0.2, -0.15) is 0 Å². The third kappa shape index (κ3) is 20.9. The molecule has 23 heteroatoms. The van der Waals surface area contributed by atoms with Gasteiger partial charge in [-0.3, -0.25) is 0 Å². The SMILES string of the molecule is O=CC(O)C(O)C(O)C(O)CO.O=CC(O)C(O)C(O)C(O)CO.O=CC(O)C(O)C(O)C(O)CO.O=CC(O)C(O)C(O)CO. The predicted octanol–water partition coefficient (Wildman–Crippen LogP) is -12.9. The summed E-state index contributed by atoms with van der Waals surface area (Å²) in [5.41, 5.74) is 0. The number of carbonyl (C=O) groups excluding carboxylic acids is 4. The number of carbonyl (C=O) groups is 4. The van der Waals surface area contributed by atoms with Gasteiger partial charge in [0, 0.05) is 0 Å². The Balaban J connectivity index is -0.000000256. The van der Waals surface area contributed by atoms with Crippen molar-refractivity contribution >= 4 is 25.1 Å². The average molecular weight is 691 g/mol. The minimum absolute atomic E-state index is 0.0258. The lowest BCUT2D eigenvalue weighted by molar-refractivity contribution is -0.136. The van der Waals surface area contributed by atoms with Crippen LogP contribution in [0.4, 0.5) is 0 Å². The molecule has 0 radical (unpaired) electrons. The van der Waals surface area contributed by atoms with Gasteiger partial charge < -0.3 is 116 Å². The van der Waals surface area contributed by atoms with Gasteiger partial charge in [0.05, 0.1) is 26.4 Å². The second-order valence-corrected chi connectivity index (χ2v) is 8.94. The standard InChI is InChI=1S/3C6H12O6.C5H10O5/c3*7-1-3(9)5(11)6(12)4(10)2-8;6-1-3(8)5(10)4(9)2-7/h3*1,3-6,8-12H,2H2;1,3-5,7-10H,2H2. The van der Waals surface area contributed by atoms with Crippen molar-refractivity contribution in [2.45, 2.75) is 91.6 Å². The first kappa shape index (κ1) is 50.8. The summed E-state index contributed by atoms with van der Waals surface area (Å²) in [5, 5.41) is 165. The summed E-state index contributed by atoms with van der Waals surface area (Å²) in [6.07, 6.45) is -25.1. The molecule has 0 rings (SSSR count). The Morgan fingerprint density at radius 1 is 0.283 bits per heavy atom. The van der Waals surface area contributed by atoms with Crippen LogP contribution in [-0.2, 0) is 19.2 Å². The van der Waals surface area contributed by atoms with Gasteiger partial charge >= 0.3 is 0 Å². The highest BCUT2D eigenvalue weighted by molar-refractivity contribution is 5.57. The molecule has 19 N–H and O–H groups in total. The maximum absolute atomic E-state index is 9.90. The Bertz CT molecular complexity index is 685. The molecule has 15 atom stereocenters. The van der Waals surface area contributed by atoms with Crippen LogP contribution in [0.5, 0.6) is 0 Å². The Morgan fingerprint density at radius 2 is 0.435 bits per heavy atom. The average Bonchev–Trinajstić information content (AvgIpc) is 3.09. The quantitative estimate of drug-likeness (QED) is 0.0559. The van der Waals surface area contributed by atoms with Gasteiger partial charge in [-0.25, -0.2) is 0 Å². The molecule has 0 aromatic rings. The fourth-order valence-corrected chi connectivity index (χ4v) is 2.27. The summed E-state index contributed by atoms with van der Waals surface area (Å²) in [4.78, 5) is 39.5. The van der Waals surface area contributed by atoms with E-state index in [1.54, 1.807) is 0 Å². The van der Waals surface area contributed by atoms with Gasteiger partial charge in [0.2, 0.25) is 0 Å². The van der Waals surface area contributed by atoms with E-state index in [9.17, 15) is 19.2 Å². The van der Waals surface area contributed by atoms with Crippen molar-refractivity contribution in [3.63, 3.8) is 0 Å². The molecule has 0 aliphatic heterocycles. The van der Waals surface area contributed by atoms with Crippen LogP contribution in [0.1, 0.15) is 0 Å². The van der Waals surface area contributed by atoms with Crippen molar-refractivity contribution in [2.75, 3.05) is 26.4 Å². The number of aliphatic hydroxyl groups is 19. The van der Waals surface area contributed by atoms with Crippen molar-refractivity contribution in [1.29, 1.82) is 0 Å². The van der Waals surface area contributed by atoms with Crippen LogP contribution in [-0.4, -0.2) is 240 Å². The van der Waals surface area contributed by atoms with Crippen molar-refractivity contribution in [3.05, 3.63) is 0 Å². The molecule has 23 nitrogen and oxygen atoms in total. The van der Waals surface area contributed by atoms with E-state index in [-0.39, 0.29) is 25.1 Å². The zero-order valence-electron chi connectivity index (χ0n) is 23.9. The molecule has 0 saturated heterocycles. The molecule has 0 fully saturated rings. The highest BCUT2D eigenvalue weighted by atomic mass is 16.4. The van der Waals surface area contributed by atoms with Crippen LogP contribution in [0.2, 0.25) is 0 Å². The van der Waals surface area contributed by atoms with E-state index in [4.69, 9.17) is 97.0 Å². The van der Waals surface area contributed by atoms with E-state index in [0.717, 1.165) is 0 Å². The first-order valence-corrected chi connectivity index (χ1v) is 12.7. The molecule has 0 heterocycles. The molecular formula is C23H46O23. The molecule has 15 unspecified atom stereocenters. The Labute approximate surface area is 260 Å². The highest BCUT2D eigenvalue weighted by Crippen LogP contribution is 2.05. The molecular weight excluding hydrogens is 644 g/mol. The van der Waals surface area contributed by atoms with E-state index in [2.05, 4.69) is 0 Å². The first-order chi connectivity index (χ1) is 21.2. The topological polar surface area (TPSA) is 453 Å². The zero-order chi connectivity index (χ0) is 37.3. The second-order valence-electron chi connectivity index (χ2n) is 8.94. The van der Waals surface area contributed by atoms with Gasteiger partial charge in [0.1, 0.15) is 91.6 Å². The Kier molecular flexibility index (Phi) is 32.1. The maximum Gasteiger partial charge on any atom is 0.151 e. The first-order valence-electron chi connectivity index (χ1n) is 12.7. The van der Waals surface area contributed by atoms with E-state index in [1.807, 2.05) is 0 Å². The number of hydrogen-bond donors (Lipinski definition) is 19. The number of aliphatic hydroxyl groups excluding tert-OH is 19. The summed E-state index contributed by atoms with van der Waals surface area (Å²) in [6, 6.07) is 0. The van der Waals surface area contributed by atoms with Crippen LogP contribution >= 0.6 is 0 Å². The van der Waals surface area contributed by atoms with Crippen molar-refractivity contribution in [2.24, 2.45) is 0 Å². The maximum atomic E-state index is 9.90. The molecule has 0 aromatic carbocycles. The molecule has 46 heavy (non-hydrogen) atoms. The summed E-state index contributed by atoms with van der Waals surface area (Å²) in [5.74, 6) is 0. The highest BCUT2D eigenvalue weighted by Gasteiger charge is 2.31. The Hall–Kier alpha value is -2.08. The third-order valence-electron chi connectivity index (χ3n) is 5.33. The third-order valence-corrected chi connectivity index (χ3v) is 5.33. The van der Waals surface area contributed by atoms with Gasteiger partial charge in [-0.1, -0.05) is 0 Å². The summed E-state index contributed by atoms with van der Waals surface area (Å²) < 4.78 is 0. The summed E-state index contributed by atoms with van der Waals surface area (Å²) >= 11 is 0. The second kappa shape index (κ2) is 29.1. The number of rotatable bonds is 19. The normalized spacial score (nSPS) is 20.8. The zero-order valence-corrected chi connectivity index (χ0v) is 23.9. The van der Waals surface area contributed by atoms with Gasteiger partial charge in [0.25, 0.3) is 0 Å². The lowest BCUT2D eigenvalue weighted by Gasteiger charge is -2.22. The molecule has 0 bridgehead atoms. The van der Waals surface area contributed by atoms with Crippen LogP contribution in [0.3, 0.4) is 0 Å². The summed E-state index contributed by atoms with van der Waals surface area (Å²) in [6.45, 7) is -2.97.